The van der Waals surface area contributed by atoms with Gasteiger partial charge >= 0.3 is 5.97 Å². The summed E-state index contributed by atoms with van der Waals surface area (Å²) < 4.78 is 11.4. The first kappa shape index (κ1) is 20.0. The number of anilines is 1. The number of methoxy groups -OCH3 is 1. The summed E-state index contributed by atoms with van der Waals surface area (Å²) in [7, 11) is 1.17. The quantitative estimate of drug-likeness (QED) is 0.500. The fraction of sp³-hybridized carbons (Fsp3) is 0.250. The van der Waals surface area contributed by atoms with Crippen molar-refractivity contribution in [2.45, 2.75) is 26.8 Å². The summed E-state index contributed by atoms with van der Waals surface area (Å²) >= 11 is 0. The number of rotatable bonds is 6. The number of fused-ring (bicyclic) bond motifs is 1. The maximum atomic E-state index is 12.5. The van der Waals surface area contributed by atoms with E-state index < -0.39 is 11.9 Å². The summed E-state index contributed by atoms with van der Waals surface area (Å²) in [4.78, 5) is 52.9. The minimum atomic E-state index is -0.794. The van der Waals surface area contributed by atoms with Crippen LogP contribution in [0.1, 0.15) is 39.8 Å². The second-order valence-corrected chi connectivity index (χ2v) is 6.34. The molecule has 1 N–H and O–H groups in total. The molecule has 2 heterocycles. The molecule has 1 aromatic carbocycles. The van der Waals surface area contributed by atoms with Gasteiger partial charge in [-0.05, 0) is 26.0 Å². The zero-order chi connectivity index (χ0) is 21.1. The number of amides is 1. The van der Waals surface area contributed by atoms with Crippen LogP contribution in [0.4, 0.5) is 5.88 Å². The van der Waals surface area contributed by atoms with Crippen LogP contribution in [-0.4, -0.2) is 34.3 Å². The standard InChI is InChI=1S/C20H19N3O6/c1-11(24)16-12(2)29-18(17(16)20(27)28-3)22-15(25)8-9-23-10-21-14-7-5-4-6-13(14)19(23)26/h4-7,10H,8-9H2,1-3H3,(H,22,25). The summed E-state index contributed by atoms with van der Waals surface area (Å²) in [5.41, 5.74) is 0.243. The highest BCUT2D eigenvalue weighted by Crippen LogP contribution is 2.28. The maximum Gasteiger partial charge on any atom is 0.344 e. The Morgan fingerprint density at radius 3 is 2.62 bits per heavy atom. The Bertz CT molecular complexity index is 1170. The number of hydrogen-bond donors (Lipinski definition) is 1. The molecule has 0 saturated heterocycles. The molecule has 0 fully saturated rings. The van der Waals surface area contributed by atoms with Gasteiger partial charge in [0, 0.05) is 13.0 Å². The van der Waals surface area contributed by atoms with Crippen molar-refractivity contribution in [3.05, 3.63) is 57.8 Å². The number of carbonyl (C=O) groups is 3. The van der Waals surface area contributed by atoms with Crippen LogP contribution in [0.25, 0.3) is 10.9 Å². The lowest BCUT2D eigenvalue weighted by Gasteiger charge is -2.07. The third kappa shape index (κ3) is 3.93. The molecule has 0 bridgehead atoms. The normalized spacial score (nSPS) is 10.7. The fourth-order valence-electron chi connectivity index (χ4n) is 3.03. The summed E-state index contributed by atoms with van der Waals surface area (Å²) in [5.74, 6) is -1.64. The van der Waals surface area contributed by atoms with Crippen molar-refractivity contribution in [2.75, 3.05) is 12.4 Å². The zero-order valence-electron chi connectivity index (χ0n) is 16.1. The summed E-state index contributed by atoms with van der Waals surface area (Å²) in [6.45, 7) is 2.88. The number of carbonyl (C=O) groups excluding carboxylic acids is 3. The Balaban J connectivity index is 1.79. The number of esters is 1. The molecule has 3 rings (SSSR count). The van der Waals surface area contributed by atoms with E-state index in [9.17, 15) is 19.2 Å². The lowest BCUT2D eigenvalue weighted by Crippen LogP contribution is -2.24. The Morgan fingerprint density at radius 1 is 1.21 bits per heavy atom. The van der Waals surface area contributed by atoms with E-state index >= 15 is 0 Å². The number of aryl methyl sites for hydroxylation is 2. The molecule has 0 spiro atoms. The number of aromatic nitrogens is 2. The molecule has 29 heavy (non-hydrogen) atoms. The van der Waals surface area contributed by atoms with Crippen molar-refractivity contribution in [2.24, 2.45) is 0 Å². The third-order valence-corrected chi connectivity index (χ3v) is 4.39. The van der Waals surface area contributed by atoms with Crippen molar-refractivity contribution in [1.82, 2.24) is 9.55 Å². The molecule has 2 aromatic heterocycles. The smallest absolute Gasteiger partial charge is 0.344 e. The van der Waals surface area contributed by atoms with Gasteiger partial charge in [0.15, 0.2) is 5.78 Å². The monoisotopic (exact) mass is 397 g/mol. The number of furan rings is 1. The molecule has 0 unspecified atom stereocenters. The van der Waals surface area contributed by atoms with Crippen LogP contribution in [0.3, 0.4) is 0 Å². The minimum absolute atomic E-state index is 0.0575. The predicted molar refractivity (Wildman–Crippen MR) is 104 cm³/mol. The Hall–Kier alpha value is -3.75. The second kappa shape index (κ2) is 8.09. The Morgan fingerprint density at radius 2 is 1.93 bits per heavy atom. The van der Waals surface area contributed by atoms with Crippen LogP contribution in [0.2, 0.25) is 0 Å². The van der Waals surface area contributed by atoms with Crippen LogP contribution in [0.15, 0.2) is 39.8 Å². The van der Waals surface area contributed by atoms with E-state index in [-0.39, 0.29) is 47.1 Å². The molecular formula is C20H19N3O6. The average molecular weight is 397 g/mol. The molecule has 150 valence electrons. The van der Waals surface area contributed by atoms with E-state index in [0.29, 0.717) is 10.9 Å². The van der Waals surface area contributed by atoms with Gasteiger partial charge in [0.05, 0.1) is 29.9 Å². The van der Waals surface area contributed by atoms with Gasteiger partial charge in [-0.2, -0.15) is 0 Å². The van der Waals surface area contributed by atoms with Crippen molar-refractivity contribution < 1.29 is 23.5 Å². The van der Waals surface area contributed by atoms with E-state index in [2.05, 4.69) is 10.3 Å². The summed E-state index contributed by atoms with van der Waals surface area (Å²) in [6.07, 6.45) is 1.30. The molecule has 0 radical (unpaired) electrons. The molecule has 1 amide bonds. The van der Waals surface area contributed by atoms with Gasteiger partial charge in [0.25, 0.3) is 5.56 Å². The van der Waals surface area contributed by atoms with E-state index in [1.54, 1.807) is 24.3 Å². The molecule has 0 aliphatic rings. The van der Waals surface area contributed by atoms with Crippen molar-refractivity contribution in [3.63, 3.8) is 0 Å². The highest BCUT2D eigenvalue weighted by atomic mass is 16.5. The molecule has 9 heteroatoms. The fourth-order valence-corrected chi connectivity index (χ4v) is 3.03. The average Bonchev–Trinajstić information content (AvgIpc) is 3.02. The highest BCUT2D eigenvalue weighted by molar-refractivity contribution is 6.10. The summed E-state index contributed by atoms with van der Waals surface area (Å²) in [6, 6.07) is 6.92. The predicted octanol–water partition coefficient (Wildman–Crippen LogP) is 2.32. The van der Waals surface area contributed by atoms with Gasteiger partial charge in [0.1, 0.15) is 11.3 Å². The van der Waals surface area contributed by atoms with E-state index in [1.807, 2.05) is 0 Å². The maximum absolute atomic E-state index is 12.5. The van der Waals surface area contributed by atoms with Gasteiger partial charge in [-0.3, -0.25) is 24.3 Å². The first-order valence-electron chi connectivity index (χ1n) is 8.80. The first-order valence-corrected chi connectivity index (χ1v) is 8.80. The number of hydrogen-bond acceptors (Lipinski definition) is 7. The van der Waals surface area contributed by atoms with Crippen LogP contribution in [0.5, 0.6) is 0 Å². The van der Waals surface area contributed by atoms with Crippen LogP contribution in [0, 0.1) is 6.92 Å². The van der Waals surface area contributed by atoms with Crippen molar-refractivity contribution >= 4 is 34.4 Å². The lowest BCUT2D eigenvalue weighted by molar-refractivity contribution is -0.116. The minimum Gasteiger partial charge on any atom is -0.465 e. The topological polar surface area (TPSA) is 120 Å². The molecular weight excluding hydrogens is 378 g/mol. The number of ether oxygens (including phenoxy) is 1. The number of nitrogens with one attached hydrogen (secondary N) is 1. The van der Waals surface area contributed by atoms with Crippen LogP contribution >= 0.6 is 0 Å². The SMILES string of the molecule is COC(=O)c1c(NC(=O)CCn2cnc3ccccc3c2=O)oc(C)c1C(C)=O. The molecule has 0 saturated carbocycles. The highest BCUT2D eigenvalue weighted by Gasteiger charge is 2.28. The van der Waals surface area contributed by atoms with Crippen molar-refractivity contribution in [1.29, 1.82) is 0 Å². The number of nitrogens with zero attached hydrogens (tertiary/aromatic N) is 2. The number of ketones is 1. The van der Waals surface area contributed by atoms with Gasteiger partial charge in [-0.15, -0.1) is 0 Å². The van der Waals surface area contributed by atoms with Crippen molar-refractivity contribution in [3.8, 4) is 0 Å². The lowest BCUT2D eigenvalue weighted by atomic mass is 10.1. The summed E-state index contributed by atoms with van der Waals surface area (Å²) in [5, 5.41) is 2.93. The zero-order valence-corrected chi connectivity index (χ0v) is 16.1. The number of para-hydroxylation sites is 1. The Kier molecular flexibility index (Phi) is 5.58. The second-order valence-electron chi connectivity index (χ2n) is 6.34. The van der Waals surface area contributed by atoms with Gasteiger partial charge in [0.2, 0.25) is 11.8 Å². The largest absolute Gasteiger partial charge is 0.465 e. The molecule has 0 aliphatic carbocycles. The van der Waals surface area contributed by atoms with E-state index in [0.717, 1.165) is 0 Å². The van der Waals surface area contributed by atoms with Crippen LogP contribution < -0.4 is 10.9 Å². The molecule has 9 nitrogen and oxygen atoms in total. The molecule has 3 aromatic rings. The van der Waals surface area contributed by atoms with Crippen LogP contribution in [-0.2, 0) is 16.1 Å². The third-order valence-electron chi connectivity index (χ3n) is 4.39. The number of benzene rings is 1. The van der Waals surface area contributed by atoms with Gasteiger partial charge in [-0.1, -0.05) is 12.1 Å². The van der Waals surface area contributed by atoms with E-state index in [1.165, 1.54) is 31.9 Å². The Labute approximate surface area is 165 Å². The molecule has 0 atom stereocenters. The van der Waals surface area contributed by atoms with Gasteiger partial charge < -0.3 is 9.15 Å². The number of Topliss-reactive ketones (excluding diaryl/α,β-unsaturated/α-hetero) is 1. The first-order chi connectivity index (χ1) is 13.8. The van der Waals surface area contributed by atoms with Gasteiger partial charge in [-0.25, -0.2) is 9.78 Å². The molecule has 0 aliphatic heterocycles. The van der Waals surface area contributed by atoms with E-state index in [4.69, 9.17) is 9.15 Å².